The zero-order chi connectivity index (χ0) is 11.8. The molecule has 0 spiro atoms. The maximum absolute atomic E-state index is 11.2. The SMILES string of the molecule is O=C(O)[C@@H]1CCC[C@@H]1c1ccc2ocnc2c1. The van der Waals surface area contributed by atoms with Crippen LogP contribution >= 0.6 is 0 Å². The van der Waals surface area contributed by atoms with Crippen LogP contribution in [0.4, 0.5) is 0 Å². The van der Waals surface area contributed by atoms with Crippen molar-refractivity contribution in [2.24, 2.45) is 5.92 Å². The van der Waals surface area contributed by atoms with Gasteiger partial charge in [-0.25, -0.2) is 4.98 Å². The minimum absolute atomic E-state index is 0.119. The molecule has 1 saturated carbocycles. The number of carbonyl (C=O) groups is 1. The van der Waals surface area contributed by atoms with Crippen molar-refractivity contribution in [2.75, 3.05) is 0 Å². The molecule has 17 heavy (non-hydrogen) atoms. The first-order chi connectivity index (χ1) is 8.25. The maximum atomic E-state index is 11.2. The fourth-order valence-corrected chi connectivity index (χ4v) is 2.76. The Morgan fingerprint density at radius 3 is 3.12 bits per heavy atom. The van der Waals surface area contributed by atoms with Gasteiger partial charge in [0.05, 0.1) is 5.92 Å². The van der Waals surface area contributed by atoms with E-state index >= 15 is 0 Å². The number of aliphatic carboxylic acids is 1. The molecule has 2 atom stereocenters. The number of aromatic nitrogens is 1. The van der Waals surface area contributed by atoms with Gasteiger partial charge in [-0.05, 0) is 36.5 Å². The fraction of sp³-hybridized carbons (Fsp3) is 0.385. The number of carboxylic acids is 1. The van der Waals surface area contributed by atoms with Crippen molar-refractivity contribution >= 4 is 17.1 Å². The number of nitrogens with zero attached hydrogens (tertiary/aromatic N) is 1. The Labute approximate surface area is 98.3 Å². The Morgan fingerprint density at radius 2 is 2.29 bits per heavy atom. The second-order valence-corrected chi connectivity index (χ2v) is 4.56. The third kappa shape index (κ3) is 1.69. The van der Waals surface area contributed by atoms with Crippen molar-refractivity contribution in [1.29, 1.82) is 0 Å². The molecule has 0 bridgehead atoms. The average molecular weight is 231 g/mol. The summed E-state index contributed by atoms with van der Waals surface area (Å²) in [4.78, 5) is 15.3. The molecule has 1 aromatic heterocycles. The van der Waals surface area contributed by atoms with Crippen molar-refractivity contribution in [3.8, 4) is 0 Å². The molecule has 1 aliphatic rings. The molecule has 2 aromatic rings. The van der Waals surface area contributed by atoms with E-state index in [-0.39, 0.29) is 11.8 Å². The molecule has 0 radical (unpaired) electrons. The molecule has 4 heteroatoms. The van der Waals surface area contributed by atoms with Gasteiger partial charge in [0, 0.05) is 0 Å². The summed E-state index contributed by atoms with van der Waals surface area (Å²) in [6, 6.07) is 5.78. The van der Waals surface area contributed by atoms with Crippen LogP contribution in [0.15, 0.2) is 29.0 Å². The van der Waals surface area contributed by atoms with Crippen LogP contribution in [0.1, 0.15) is 30.7 Å². The summed E-state index contributed by atoms with van der Waals surface area (Å²) in [5, 5.41) is 9.18. The summed E-state index contributed by atoms with van der Waals surface area (Å²) in [6.45, 7) is 0. The lowest BCUT2D eigenvalue weighted by atomic mass is 9.89. The number of rotatable bonds is 2. The molecule has 88 valence electrons. The van der Waals surface area contributed by atoms with Crippen LogP contribution in [-0.2, 0) is 4.79 Å². The van der Waals surface area contributed by atoms with Crippen LogP contribution in [-0.4, -0.2) is 16.1 Å². The van der Waals surface area contributed by atoms with Crippen LogP contribution in [0, 0.1) is 5.92 Å². The lowest BCUT2D eigenvalue weighted by Crippen LogP contribution is -2.16. The van der Waals surface area contributed by atoms with E-state index < -0.39 is 5.97 Å². The Kier molecular flexibility index (Phi) is 2.35. The van der Waals surface area contributed by atoms with Crippen LogP contribution < -0.4 is 0 Å². The maximum Gasteiger partial charge on any atom is 0.307 e. The van der Waals surface area contributed by atoms with Crippen molar-refractivity contribution in [2.45, 2.75) is 25.2 Å². The van der Waals surface area contributed by atoms with Crippen LogP contribution in [0.3, 0.4) is 0 Å². The normalized spacial score (nSPS) is 24.2. The summed E-state index contributed by atoms with van der Waals surface area (Å²) in [5.74, 6) is -0.819. The molecule has 1 aliphatic carbocycles. The molecule has 1 aromatic carbocycles. The zero-order valence-corrected chi connectivity index (χ0v) is 9.30. The molecule has 0 saturated heterocycles. The monoisotopic (exact) mass is 231 g/mol. The van der Waals surface area contributed by atoms with Crippen LogP contribution in [0.25, 0.3) is 11.1 Å². The first-order valence-electron chi connectivity index (χ1n) is 5.81. The van der Waals surface area contributed by atoms with E-state index in [0.717, 1.165) is 35.9 Å². The van der Waals surface area contributed by atoms with Crippen molar-refractivity contribution in [1.82, 2.24) is 4.98 Å². The molecular weight excluding hydrogens is 218 g/mol. The third-order valence-electron chi connectivity index (χ3n) is 3.62. The Bertz CT molecular complexity index is 561. The number of carboxylic acid groups (broad SMARTS) is 1. The van der Waals surface area contributed by atoms with Gasteiger partial charge in [-0.3, -0.25) is 4.79 Å². The molecule has 4 nitrogen and oxygen atoms in total. The molecule has 0 unspecified atom stereocenters. The van der Waals surface area contributed by atoms with E-state index in [9.17, 15) is 9.90 Å². The number of benzene rings is 1. The predicted molar refractivity (Wildman–Crippen MR) is 61.7 cm³/mol. The molecule has 1 fully saturated rings. The third-order valence-corrected chi connectivity index (χ3v) is 3.62. The molecule has 3 rings (SSSR count). The number of hydrogen-bond donors (Lipinski definition) is 1. The highest BCUT2D eigenvalue weighted by atomic mass is 16.4. The van der Waals surface area contributed by atoms with Crippen molar-refractivity contribution in [3.05, 3.63) is 30.2 Å². The number of oxazole rings is 1. The summed E-state index contributed by atoms with van der Waals surface area (Å²) >= 11 is 0. The highest BCUT2D eigenvalue weighted by Crippen LogP contribution is 2.40. The topological polar surface area (TPSA) is 63.3 Å². The summed E-state index contributed by atoms with van der Waals surface area (Å²) in [5.41, 5.74) is 2.62. The van der Waals surface area contributed by atoms with Gasteiger partial charge in [0.15, 0.2) is 12.0 Å². The van der Waals surface area contributed by atoms with E-state index in [1.54, 1.807) is 0 Å². The van der Waals surface area contributed by atoms with E-state index in [2.05, 4.69) is 4.98 Å². The largest absolute Gasteiger partial charge is 0.481 e. The van der Waals surface area contributed by atoms with E-state index in [0.29, 0.717) is 0 Å². The van der Waals surface area contributed by atoms with Gasteiger partial charge in [-0.15, -0.1) is 0 Å². The Morgan fingerprint density at radius 1 is 1.41 bits per heavy atom. The van der Waals surface area contributed by atoms with E-state index in [4.69, 9.17) is 4.42 Å². The lowest BCUT2D eigenvalue weighted by Gasteiger charge is -2.15. The van der Waals surface area contributed by atoms with Gasteiger partial charge in [0.25, 0.3) is 0 Å². The Hall–Kier alpha value is -1.84. The first-order valence-corrected chi connectivity index (χ1v) is 5.81. The van der Waals surface area contributed by atoms with Gasteiger partial charge < -0.3 is 9.52 Å². The number of fused-ring (bicyclic) bond motifs is 1. The average Bonchev–Trinajstić information content (AvgIpc) is 2.96. The lowest BCUT2D eigenvalue weighted by molar-refractivity contribution is -0.142. The van der Waals surface area contributed by atoms with Gasteiger partial charge in [0.1, 0.15) is 5.52 Å². The molecule has 0 amide bonds. The smallest absolute Gasteiger partial charge is 0.307 e. The molecule has 1 N–H and O–H groups in total. The summed E-state index contributed by atoms with van der Waals surface area (Å²) < 4.78 is 5.18. The van der Waals surface area contributed by atoms with Crippen molar-refractivity contribution < 1.29 is 14.3 Å². The predicted octanol–water partition coefficient (Wildman–Crippen LogP) is 2.80. The summed E-state index contributed by atoms with van der Waals surface area (Å²) in [6.07, 6.45) is 4.12. The summed E-state index contributed by atoms with van der Waals surface area (Å²) in [7, 11) is 0. The first kappa shape index (κ1) is 10.3. The van der Waals surface area contributed by atoms with E-state index in [1.165, 1.54) is 6.39 Å². The Balaban J connectivity index is 1.99. The second-order valence-electron chi connectivity index (χ2n) is 4.56. The highest BCUT2D eigenvalue weighted by Gasteiger charge is 2.33. The standard InChI is InChI=1S/C13H13NO3/c15-13(16)10-3-1-2-9(10)8-4-5-12-11(6-8)14-7-17-12/h4-7,9-10H,1-3H2,(H,15,16)/t9-,10-/m1/s1. The minimum atomic E-state index is -0.687. The van der Waals surface area contributed by atoms with Crippen molar-refractivity contribution in [3.63, 3.8) is 0 Å². The molecular formula is C13H13NO3. The number of hydrogen-bond acceptors (Lipinski definition) is 3. The van der Waals surface area contributed by atoms with Gasteiger partial charge in [0.2, 0.25) is 0 Å². The minimum Gasteiger partial charge on any atom is -0.481 e. The van der Waals surface area contributed by atoms with Crippen LogP contribution in [0.5, 0.6) is 0 Å². The van der Waals surface area contributed by atoms with Crippen LogP contribution in [0.2, 0.25) is 0 Å². The molecule has 1 heterocycles. The second kappa shape index (κ2) is 3.87. The van der Waals surface area contributed by atoms with Gasteiger partial charge in [-0.2, -0.15) is 0 Å². The van der Waals surface area contributed by atoms with Gasteiger partial charge >= 0.3 is 5.97 Å². The van der Waals surface area contributed by atoms with E-state index in [1.807, 2.05) is 18.2 Å². The fourth-order valence-electron chi connectivity index (χ4n) is 2.76. The van der Waals surface area contributed by atoms with Gasteiger partial charge in [-0.1, -0.05) is 12.5 Å². The quantitative estimate of drug-likeness (QED) is 0.863. The highest BCUT2D eigenvalue weighted by molar-refractivity contribution is 5.75. The molecule has 0 aliphatic heterocycles. The zero-order valence-electron chi connectivity index (χ0n) is 9.30.